The topological polar surface area (TPSA) is 4.93 Å². The zero-order valence-corrected chi connectivity index (χ0v) is 25.4. The summed E-state index contributed by atoms with van der Waals surface area (Å²) in [5.74, 6) is 0. The van der Waals surface area contributed by atoms with E-state index in [1.807, 2.05) is 0 Å². The van der Waals surface area contributed by atoms with Crippen molar-refractivity contribution in [3.8, 4) is 27.9 Å². The molecular formula is C44H31N. The normalized spacial score (nSPS) is 11.8. The van der Waals surface area contributed by atoms with Crippen molar-refractivity contribution in [2.24, 2.45) is 0 Å². The summed E-state index contributed by atoms with van der Waals surface area (Å²) in [4.78, 5) is 0. The highest BCUT2D eigenvalue weighted by Crippen LogP contribution is 2.45. The molecule has 0 amide bonds. The van der Waals surface area contributed by atoms with Crippen LogP contribution >= 0.6 is 0 Å². The van der Waals surface area contributed by atoms with Crippen LogP contribution in [-0.4, -0.2) is 4.57 Å². The van der Waals surface area contributed by atoms with Crippen LogP contribution in [0.2, 0.25) is 0 Å². The standard InChI is InChI=1S/C44H31N/c1-28-26-42(45-40-21-11-9-15-33(40)34-16-10-12-22-41(34)45)29(2)25-39(28)44-37-19-7-5-17-35(37)43(36-18-6-8-20-38(36)44)32-24-23-30-13-3-4-14-31(30)27-32/h3-27H,1-2H3. The van der Waals surface area contributed by atoms with Crippen molar-refractivity contribution in [2.75, 3.05) is 0 Å². The number of para-hydroxylation sites is 2. The quantitative estimate of drug-likeness (QED) is 0.185. The molecule has 0 atom stereocenters. The van der Waals surface area contributed by atoms with Gasteiger partial charge in [0.2, 0.25) is 0 Å². The molecule has 0 aliphatic rings. The van der Waals surface area contributed by atoms with E-state index in [0.29, 0.717) is 0 Å². The van der Waals surface area contributed by atoms with Crippen molar-refractivity contribution in [3.63, 3.8) is 0 Å². The lowest BCUT2D eigenvalue weighted by Gasteiger charge is -2.21. The Kier molecular flexibility index (Phi) is 5.70. The van der Waals surface area contributed by atoms with Crippen LogP contribution in [0.4, 0.5) is 0 Å². The minimum absolute atomic E-state index is 1.23. The van der Waals surface area contributed by atoms with Crippen LogP contribution in [0.3, 0.4) is 0 Å². The Morgan fingerprint density at radius 3 is 1.47 bits per heavy atom. The highest BCUT2D eigenvalue weighted by molar-refractivity contribution is 6.22. The maximum absolute atomic E-state index is 2.44. The number of aromatic nitrogens is 1. The van der Waals surface area contributed by atoms with Gasteiger partial charge in [-0.05, 0) is 110 Å². The van der Waals surface area contributed by atoms with Crippen molar-refractivity contribution >= 4 is 54.1 Å². The number of hydrogen-bond donors (Lipinski definition) is 0. The van der Waals surface area contributed by atoms with Gasteiger partial charge in [-0.3, -0.25) is 0 Å². The molecule has 1 heterocycles. The summed E-state index contributed by atoms with van der Waals surface area (Å²) in [6.07, 6.45) is 0. The molecule has 0 saturated carbocycles. The van der Waals surface area contributed by atoms with Crippen LogP contribution in [0.25, 0.3) is 82.1 Å². The summed E-state index contributed by atoms with van der Waals surface area (Å²) < 4.78 is 2.44. The van der Waals surface area contributed by atoms with Crippen LogP contribution in [0.1, 0.15) is 11.1 Å². The summed E-state index contributed by atoms with van der Waals surface area (Å²) in [7, 11) is 0. The molecule has 45 heavy (non-hydrogen) atoms. The van der Waals surface area contributed by atoms with Crippen LogP contribution < -0.4 is 0 Å². The fourth-order valence-electron chi connectivity index (χ4n) is 7.57. The van der Waals surface area contributed by atoms with Gasteiger partial charge in [0.1, 0.15) is 0 Å². The smallest absolute Gasteiger partial charge is 0.0541 e. The molecule has 0 fully saturated rings. The fraction of sp³-hybridized carbons (Fsp3) is 0.0455. The van der Waals surface area contributed by atoms with E-state index < -0.39 is 0 Å². The van der Waals surface area contributed by atoms with Gasteiger partial charge in [-0.15, -0.1) is 0 Å². The van der Waals surface area contributed by atoms with Crippen molar-refractivity contribution in [2.45, 2.75) is 13.8 Å². The average Bonchev–Trinajstić information content (AvgIpc) is 3.42. The van der Waals surface area contributed by atoms with Crippen molar-refractivity contribution in [3.05, 3.63) is 163 Å². The summed E-state index contributed by atoms with van der Waals surface area (Å²) >= 11 is 0. The lowest BCUT2D eigenvalue weighted by atomic mass is 9.84. The number of rotatable bonds is 3. The second-order valence-electron chi connectivity index (χ2n) is 12.2. The van der Waals surface area contributed by atoms with Crippen LogP contribution in [0, 0.1) is 13.8 Å². The summed E-state index contributed by atoms with van der Waals surface area (Å²) in [5.41, 5.74) is 11.4. The molecule has 0 aliphatic heterocycles. The van der Waals surface area contributed by atoms with Gasteiger partial charge in [-0.2, -0.15) is 0 Å². The molecule has 0 N–H and O–H groups in total. The van der Waals surface area contributed by atoms with Gasteiger partial charge in [-0.1, -0.05) is 121 Å². The molecule has 9 rings (SSSR count). The van der Waals surface area contributed by atoms with E-state index in [1.54, 1.807) is 0 Å². The minimum Gasteiger partial charge on any atom is -0.309 e. The summed E-state index contributed by atoms with van der Waals surface area (Å²) in [6.45, 7) is 4.53. The first kappa shape index (κ1) is 25.8. The molecule has 0 bridgehead atoms. The Labute approximate surface area is 262 Å². The van der Waals surface area contributed by atoms with Crippen molar-refractivity contribution in [1.82, 2.24) is 4.57 Å². The Balaban J connectivity index is 1.33. The Morgan fingerprint density at radius 2 is 0.867 bits per heavy atom. The van der Waals surface area contributed by atoms with Crippen LogP contribution in [0.5, 0.6) is 0 Å². The van der Waals surface area contributed by atoms with Gasteiger partial charge in [-0.25, -0.2) is 0 Å². The third kappa shape index (κ3) is 3.87. The summed E-state index contributed by atoms with van der Waals surface area (Å²) in [5, 5.41) is 10.2. The number of hydrogen-bond acceptors (Lipinski definition) is 0. The highest BCUT2D eigenvalue weighted by Gasteiger charge is 2.20. The monoisotopic (exact) mass is 573 g/mol. The largest absolute Gasteiger partial charge is 0.309 e. The molecule has 1 heteroatoms. The lowest BCUT2D eigenvalue weighted by molar-refractivity contribution is 1.14. The Morgan fingerprint density at radius 1 is 0.378 bits per heavy atom. The number of nitrogens with zero attached hydrogens (tertiary/aromatic N) is 1. The highest BCUT2D eigenvalue weighted by atomic mass is 15.0. The third-order valence-corrected chi connectivity index (χ3v) is 9.60. The molecule has 8 aromatic carbocycles. The third-order valence-electron chi connectivity index (χ3n) is 9.60. The van der Waals surface area contributed by atoms with E-state index in [9.17, 15) is 0 Å². The molecule has 0 radical (unpaired) electrons. The second kappa shape index (κ2) is 9.94. The van der Waals surface area contributed by atoms with E-state index in [4.69, 9.17) is 0 Å². The van der Waals surface area contributed by atoms with Gasteiger partial charge < -0.3 is 4.57 Å². The van der Waals surface area contributed by atoms with Crippen LogP contribution in [-0.2, 0) is 0 Å². The van der Waals surface area contributed by atoms with Gasteiger partial charge in [0, 0.05) is 16.5 Å². The van der Waals surface area contributed by atoms with Crippen molar-refractivity contribution < 1.29 is 0 Å². The molecule has 0 spiro atoms. The predicted octanol–water partition coefficient (Wildman–Crippen LogP) is 12.2. The Bertz CT molecular complexity index is 2510. The first-order valence-electron chi connectivity index (χ1n) is 15.7. The van der Waals surface area contributed by atoms with E-state index in [2.05, 4.69) is 170 Å². The van der Waals surface area contributed by atoms with E-state index in [-0.39, 0.29) is 0 Å². The zero-order chi connectivity index (χ0) is 30.1. The second-order valence-corrected chi connectivity index (χ2v) is 12.2. The van der Waals surface area contributed by atoms with Crippen LogP contribution in [0.15, 0.2) is 152 Å². The van der Waals surface area contributed by atoms with Gasteiger partial charge in [0.05, 0.1) is 11.0 Å². The van der Waals surface area contributed by atoms with Gasteiger partial charge >= 0.3 is 0 Å². The van der Waals surface area contributed by atoms with Crippen molar-refractivity contribution in [1.29, 1.82) is 0 Å². The molecule has 212 valence electrons. The predicted molar refractivity (Wildman–Crippen MR) is 194 cm³/mol. The Hall–Kier alpha value is -5.66. The molecule has 1 nitrogen and oxygen atoms in total. The molecule has 1 aromatic heterocycles. The maximum atomic E-state index is 2.44. The fourth-order valence-corrected chi connectivity index (χ4v) is 7.57. The van der Waals surface area contributed by atoms with E-state index >= 15 is 0 Å². The number of aryl methyl sites for hydroxylation is 2. The van der Waals surface area contributed by atoms with E-state index in [0.717, 1.165) is 0 Å². The summed E-state index contributed by atoms with van der Waals surface area (Å²) in [6, 6.07) is 55.7. The minimum atomic E-state index is 1.23. The first-order chi connectivity index (χ1) is 22.2. The SMILES string of the molecule is Cc1cc(-n2c3ccccc3c3ccccc32)c(C)cc1-c1c2ccccc2c(-c2ccc3ccccc3c2)c2ccccc12. The number of fused-ring (bicyclic) bond motifs is 6. The zero-order valence-electron chi connectivity index (χ0n) is 25.4. The van der Waals surface area contributed by atoms with Gasteiger partial charge in [0.15, 0.2) is 0 Å². The van der Waals surface area contributed by atoms with E-state index in [1.165, 1.54) is 93.2 Å². The molecule has 0 unspecified atom stereocenters. The first-order valence-corrected chi connectivity index (χ1v) is 15.7. The molecule has 0 saturated heterocycles. The van der Waals surface area contributed by atoms with Gasteiger partial charge in [0.25, 0.3) is 0 Å². The molecular weight excluding hydrogens is 542 g/mol. The molecule has 9 aromatic rings. The number of benzene rings is 8. The average molecular weight is 574 g/mol. The lowest BCUT2D eigenvalue weighted by Crippen LogP contribution is -2.00. The maximum Gasteiger partial charge on any atom is 0.0541 e. The molecule has 0 aliphatic carbocycles.